The number of thioether (sulfide) groups is 1. The van der Waals surface area contributed by atoms with Crippen molar-refractivity contribution >= 4 is 51.5 Å². The second-order valence-electron chi connectivity index (χ2n) is 6.48. The van der Waals surface area contributed by atoms with E-state index in [0.29, 0.717) is 27.9 Å². The van der Waals surface area contributed by atoms with Gasteiger partial charge in [0.2, 0.25) is 0 Å². The molecule has 0 aliphatic rings. The van der Waals surface area contributed by atoms with Gasteiger partial charge in [-0.15, -0.1) is 11.3 Å². The molecule has 7 nitrogen and oxygen atoms in total. The lowest BCUT2D eigenvalue weighted by atomic mass is 10.1. The van der Waals surface area contributed by atoms with Crippen molar-refractivity contribution in [2.45, 2.75) is 26.0 Å². The van der Waals surface area contributed by atoms with Crippen LogP contribution in [-0.4, -0.2) is 39.3 Å². The maximum atomic E-state index is 12.6. The van der Waals surface area contributed by atoms with Crippen molar-refractivity contribution in [2.75, 3.05) is 12.0 Å². The number of aryl methyl sites for hydroxylation is 1. The SMILES string of the molecule is CSCCC(NC(=O)c1ccccc1Cl)C(=O)OCc1cc(=O)n2c(C)csc2n1. The number of rotatable bonds is 8. The lowest BCUT2D eigenvalue weighted by Gasteiger charge is -2.17. The van der Waals surface area contributed by atoms with Crippen LogP contribution in [0.4, 0.5) is 0 Å². The van der Waals surface area contributed by atoms with Crippen LogP contribution in [-0.2, 0) is 16.1 Å². The zero-order chi connectivity index (χ0) is 21.7. The van der Waals surface area contributed by atoms with Crippen molar-refractivity contribution in [1.82, 2.24) is 14.7 Å². The molecular weight excluding hydrogens is 446 g/mol. The Balaban J connectivity index is 1.70. The number of fused-ring (bicyclic) bond motifs is 1. The molecular formula is C20H20ClN3O4S2. The number of benzene rings is 1. The van der Waals surface area contributed by atoms with E-state index in [1.54, 1.807) is 36.0 Å². The van der Waals surface area contributed by atoms with Gasteiger partial charge in [0.25, 0.3) is 11.5 Å². The van der Waals surface area contributed by atoms with Gasteiger partial charge in [0.05, 0.1) is 16.3 Å². The van der Waals surface area contributed by atoms with Gasteiger partial charge in [-0.1, -0.05) is 23.7 Å². The number of halogens is 1. The Morgan fingerprint density at radius 3 is 2.87 bits per heavy atom. The molecule has 0 fully saturated rings. The molecule has 0 aliphatic heterocycles. The molecule has 1 atom stereocenters. The average Bonchev–Trinajstić information content (AvgIpc) is 3.10. The molecule has 3 rings (SSSR count). The number of hydrogen-bond donors (Lipinski definition) is 1. The van der Waals surface area contributed by atoms with Crippen molar-refractivity contribution < 1.29 is 14.3 Å². The molecule has 3 aromatic rings. The summed E-state index contributed by atoms with van der Waals surface area (Å²) in [5.41, 5.74) is 1.22. The van der Waals surface area contributed by atoms with Gasteiger partial charge in [-0.05, 0) is 37.5 Å². The second-order valence-corrected chi connectivity index (χ2v) is 8.71. The standard InChI is InChI=1S/C20H20ClN3O4S2/c1-12-11-30-20-22-13(9-17(25)24(12)20)10-28-19(27)16(7-8-29-2)23-18(26)14-5-3-4-6-15(14)21/h3-6,9,11,16H,7-8,10H2,1-2H3,(H,23,26). The highest BCUT2D eigenvalue weighted by atomic mass is 35.5. The zero-order valence-electron chi connectivity index (χ0n) is 16.4. The topological polar surface area (TPSA) is 89.8 Å². The molecule has 0 saturated heterocycles. The van der Waals surface area contributed by atoms with Crippen LogP contribution in [0.1, 0.15) is 28.2 Å². The number of carbonyl (C=O) groups excluding carboxylic acids is 2. The minimum atomic E-state index is -0.838. The molecule has 2 aromatic heterocycles. The van der Waals surface area contributed by atoms with Crippen molar-refractivity contribution in [1.29, 1.82) is 0 Å². The third kappa shape index (κ3) is 5.21. The molecule has 10 heteroatoms. The number of carbonyl (C=O) groups is 2. The largest absolute Gasteiger partial charge is 0.458 e. The lowest BCUT2D eigenvalue weighted by Crippen LogP contribution is -2.42. The maximum absolute atomic E-state index is 12.6. The molecule has 0 radical (unpaired) electrons. The van der Waals surface area contributed by atoms with Gasteiger partial charge in [0.15, 0.2) is 4.96 Å². The van der Waals surface area contributed by atoms with Crippen LogP contribution in [0.25, 0.3) is 4.96 Å². The van der Waals surface area contributed by atoms with Crippen LogP contribution in [0.15, 0.2) is 40.5 Å². The molecule has 158 valence electrons. The molecule has 0 bridgehead atoms. The molecule has 30 heavy (non-hydrogen) atoms. The Bertz CT molecular complexity index is 1130. The minimum Gasteiger partial charge on any atom is -0.458 e. The van der Waals surface area contributed by atoms with Gasteiger partial charge in [0.1, 0.15) is 12.6 Å². The van der Waals surface area contributed by atoms with Gasteiger partial charge in [-0.2, -0.15) is 11.8 Å². The van der Waals surface area contributed by atoms with Crippen LogP contribution >= 0.6 is 34.7 Å². The fourth-order valence-electron chi connectivity index (χ4n) is 2.79. The van der Waals surface area contributed by atoms with E-state index in [0.717, 1.165) is 5.69 Å². The van der Waals surface area contributed by atoms with E-state index < -0.39 is 17.9 Å². The van der Waals surface area contributed by atoms with E-state index in [2.05, 4.69) is 10.3 Å². The first kappa shape index (κ1) is 22.3. The van der Waals surface area contributed by atoms with Crippen molar-refractivity contribution in [3.05, 3.63) is 68.0 Å². The number of esters is 1. The van der Waals surface area contributed by atoms with E-state index in [1.165, 1.54) is 21.8 Å². The molecule has 1 amide bonds. The summed E-state index contributed by atoms with van der Waals surface area (Å²) in [5.74, 6) is -0.382. The van der Waals surface area contributed by atoms with Crippen LogP contribution in [0.5, 0.6) is 0 Å². The molecule has 2 heterocycles. The summed E-state index contributed by atoms with van der Waals surface area (Å²) in [6.45, 7) is 1.67. The van der Waals surface area contributed by atoms with Gasteiger partial charge >= 0.3 is 5.97 Å². The lowest BCUT2D eigenvalue weighted by molar-refractivity contribution is -0.147. The molecule has 1 N–H and O–H groups in total. The van der Waals surface area contributed by atoms with Crippen molar-refractivity contribution in [3.8, 4) is 0 Å². The fraction of sp³-hybridized carbons (Fsp3) is 0.300. The summed E-state index contributed by atoms with van der Waals surface area (Å²) < 4.78 is 6.86. The van der Waals surface area contributed by atoms with Crippen LogP contribution < -0.4 is 10.9 Å². The fourth-order valence-corrected chi connectivity index (χ4v) is 4.37. The third-order valence-electron chi connectivity index (χ3n) is 4.31. The molecule has 0 saturated carbocycles. The molecule has 0 spiro atoms. The van der Waals surface area contributed by atoms with E-state index in [-0.39, 0.29) is 17.7 Å². The second kappa shape index (κ2) is 10.1. The Labute approximate surface area is 186 Å². The number of hydrogen-bond acceptors (Lipinski definition) is 7. The van der Waals surface area contributed by atoms with E-state index in [9.17, 15) is 14.4 Å². The van der Waals surface area contributed by atoms with Crippen LogP contribution in [0, 0.1) is 6.92 Å². The minimum absolute atomic E-state index is 0.154. The number of amides is 1. The first-order valence-corrected chi connectivity index (χ1v) is 11.7. The molecule has 1 aromatic carbocycles. The van der Waals surface area contributed by atoms with Gasteiger partial charge in [-0.3, -0.25) is 14.0 Å². The maximum Gasteiger partial charge on any atom is 0.329 e. The summed E-state index contributed by atoms with van der Waals surface area (Å²) >= 11 is 8.97. The van der Waals surface area contributed by atoms with Gasteiger partial charge in [-0.25, -0.2) is 9.78 Å². The Kier molecular flexibility index (Phi) is 7.52. The molecule has 0 aliphatic carbocycles. The van der Waals surface area contributed by atoms with Crippen LogP contribution in [0.3, 0.4) is 0 Å². The monoisotopic (exact) mass is 465 g/mol. The molecule has 1 unspecified atom stereocenters. The normalized spacial score (nSPS) is 12.0. The quantitative estimate of drug-likeness (QED) is 0.513. The van der Waals surface area contributed by atoms with Crippen molar-refractivity contribution in [2.24, 2.45) is 0 Å². The van der Waals surface area contributed by atoms with E-state index >= 15 is 0 Å². The Hall–Kier alpha value is -2.36. The highest BCUT2D eigenvalue weighted by molar-refractivity contribution is 7.98. The van der Waals surface area contributed by atoms with E-state index in [4.69, 9.17) is 16.3 Å². The highest BCUT2D eigenvalue weighted by Gasteiger charge is 2.24. The number of thiazole rings is 1. The Morgan fingerprint density at radius 1 is 1.37 bits per heavy atom. The number of aromatic nitrogens is 2. The summed E-state index contributed by atoms with van der Waals surface area (Å²) in [4.78, 5) is 42.3. The highest BCUT2D eigenvalue weighted by Crippen LogP contribution is 2.16. The Morgan fingerprint density at radius 2 is 2.13 bits per heavy atom. The zero-order valence-corrected chi connectivity index (χ0v) is 18.8. The first-order chi connectivity index (χ1) is 14.4. The summed E-state index contributed by atoms with van der Waals surface area (Å²) in [7, 11) is 0. The number of nitrogens with zero attached hydrogens (tertiary/aromatic N) is 2. The first-order valence-electron chi connectivity index (χ1n) is 9.08. The summed E-state index contributed by atoms with van der Waals surface area (Å²) in [5, 5.41) is 4.83. The summed E-state index contributed by atoms with van der Waals surface area (Å²) in [6.07, 6.45) is 2.31. The smallest absolute Gasteiger partial charge is 0.329 e. The van der Waals surface area contributed by atoms with Crippen LogP contribution in [0.2, 0.25) is 5.02 Å². The number of nitrogens with one attached hydrogen (secondary N) is 1. The predicted octanol–water partition coefficient (Wildman–Crippen LogP) is 3.31. The van der Waals surface area contributed by atoms with E-state index in [1.807, 2.05) is 18.6 Å². The van der Waals surface area contributed by atoms with Crippen molar-refractivity contribution in [3.63, 3.8) is 0 Å². The summed E-state index contributed by atoms with van der Waals surface area (Å²) in [6, 6.07) is 7.12. The van der Waals surface area contributed by atoms with Gasteiger partial charge < -0.3 is 10.1 Å². The number of ether oxygens (including phenoxy) is 1. The predicted molar refractivity (Wildman–Crippen MR) is 120 cm³/mol. The average molecular weight is 466 g/mol. The third-order valence-corrected chi connectivity index (χ3v) is 6.23. The van der Waals surface area contributed by atoms with Gasteiger partial charge in [0, 0.05) is 17.1 Å².